The van der Waals surface area contributed by atoms with Gasteiger partial charge in [-0.05, 0) is 25.0 Å². The first-order valence-electron chi connectivity index (χ1n) is 9.15. The minimum atomic E-state index is -0.418. The molecule has 0 spiro atoms. The van der Waals surface area contributed by atoms with Gasteiger partial charge in [-0.2, -0.15) is 0 Å². The zero-order valence-electron chi connectivity index (χ0n) is 14.6. The van der Waals surface area contributed by atoms with Crippen LogP contribution in [0.4, 0.5) is 0 Å². The van der Waals surface area contributed by atoms with Crippen molar-refractivity contribution in [1.82, 2.24) is 10.2 Å². The van der Waals surface area contributed by atoms with E-state index >= 15 is 0 Å². The lowest BCUT2D eigenvalue weighted by Gasteiger charge is -2.27. The Labute approximate surface area is 153 Å². The highest BCUT2D eigenvalue weighted by Crippen LogP contribution is 2.43. The van der Waals surface area contributed by atoms with Gasteiger partial charge in [0.1, 0.15) is 11.5 Å². The summed E-state index contributed by atoms with van der Waals surface area (Å²) < 4.78 is 5.93. The van der Waals surface area contributed by atoms with Gasteiger partial charge in [-0.25, -0.2) is 0 Å². The topological polar surface area (TPSA) is 58.6 Å². The number of fused-ring (bicyclic) bond motifs is 2. The van der Waals surface area contributed by atoms with Gasteiger partial charge in [0, 0.05) is 37.2 Å². The molecule has 134 valence electrons. The summed E-state index contributed by atoms with van der Waals surface area (Å²) >= 11 is 0. The highest BCUT2D eigenvalue weighted by Gasteiger charge is 2.32. The van der Waals surface area contributed by atoms with Gasteiger partial charge < -0.3 is 15.0 Å². The van der Waals surface area contributed by atoms with Gasteiger partial charge in [0.05, 0.1) is 5.92 Å². The summed E-state index contributed by atoms with van der Waals surface area (Å²) in [6.07, 6.45) is 2.50. The first kappa shape index (κ1) is 16.6. The van der Waals surface area contributed by atoms with Crippen molar-refractivity contribution in [2.75, 3.05) is 19.6 Å². The number of carbonyl (C=O) groups excluding carboxylic acids is 2. The molecule has 2 aliphatic rings. The summed E-state index contributed by atoms with van der Waals surface area (Å²) in [5.41, 5.74) is 1.71. The third-order valence-corrected chi connectivity index (χ3v) is 5.04. The van der Waals surface area contributed by atoms with Gasteiger partial charge in [0.25, 0.3) is 0 Å². The number of benzene rings is 2. The molecule has 1 saturated heterocycles. The lowest BCUT2D eigenvalue weighted by Crippen LogP contribution is -2.35. The van der Waals surface area contributed by atoms with Crippen LogP contribution >= 0.6 is 0 Å². The van der Waals surface area contributed by atoms with Gasteiger partial charge >= 0.3 is 0 Å². The van der Waals surface area contributed by atoms with Gasteiger partial charge in [-0.15, -0.1) is 0 Å². The molecule has 26 heavy (non-hydrogen) atoms. The molecular weight excluding hydrogens is 328 g/mol. The van der Waals surface area contributed by atoms with Crippen LogP contribution in [0, 0.1) is 0 Å². The second-order valence-corrected chi connectivity index (χ2v) is 6.74. The van der Waals surface area contributed by atoms with Crippen LogP contribution in [-0.2, 0) is 9.59 Å². The number of amides is 2. The van der Waals surface area contributed by atoms with E-state index in [1.807, 2.05) is 53.4 Å². The molecule has 1 N–H and O–H groups in total. The Morgan fingerprint density at radius 3 is 2.15 bits per heavy atom. The fraction of sp³-hybridized carbons (Fsp3) is 0.333. The number of hydrogen-bond acceptors (Lipinski definition) is 3. The van der Waals surface area contributed by atoms with Gasteiger partial charge in [0.2, 0.25) is 11.8 Å². The van der Waals surface area contributed by atoms with Crippen molar-refractivity contribution in [3.63, 3.8) is 0 Å². The fourth-order valence-corrected chi connectivity index (χ4v) is 3.71. The van der Waals surface area contributed by atoms with Crippen molar-refractivity contribution >= 4 is 11.8 Å². The van der Waals surface area contributed by atoms with E-state index < -0.39 is 5.92 Å². The Balaban J connectivity index is 1.48. The normalized spacial score (nSPS) is 15.8. The van der Waals surface area contributed by atoms with Crippen molar-refractivity contribution < 1.29 is 14.3 Å². The van der Waals surface area contributed by atoms with Crippen molar-refractivity contribution in [3.8, 4) is 11.5 Å². The van der Waals surface area contributed by atoms with Crippen molar-refractivity contribution in [1.29, 1.82) is 0 Å². The van der Waals surface area contributed by atoms with Crippen LogP contribution in [0.15, 0.2) is 48.5 Å². The number of carbonyl (C=O) groups is 2. The Hall–Kier alpha value is -2.82. The van der Waals surface area contributed by atoms with E-state index in [0.717, 1.165) is 37.1 Å². The van der Waals surface area contributed by atoms with E-state index in [9.17, 15) is 9.59 Å². The number of likely N-dealkylation sites (tertiary alicyclic amines) is 1. The number of rotatable bonds is 4. The molecular formula is C21H22N2O3. The zero-order valence-corrected chi connectivity index (χ0v) is 14.6. The Kier molecular flexibility index (Phi) is 4.61. The maximum atomic E-state index is 12.9. The molecule has 0 saturated carbocycles. The Morgan fingerprint density at radius 2 is 1.54 bits per heavy atom. The predicted octanol–water partition coefficient (Wildman–Crippen LogP) is 3.05. The maximum Gasteiger partial charge on any atom is 0.232 e. The number of hydrogen-bond donors (Lipinski definition) is 1. The van der Waals surface area contributed by atoms with Crippen molar-refractivity contribution in [2.24, 2.45) is 0 Å². The molecule has 1 fully saturated rings. The van der Waals surface area contributed by atoms with Crippen LogP contribution < -0.4 is 10.1 Å². The number of para-hydroxylation sites is 2. The number of nitrogens with zero attached hydrogens (tertiary/aromatic N) is 1. The maximum absolute atomic E-state index is 12.9. The van der Waals surface area contributed by atoms with Crippen LogP contribution in [0.3, 0.4) is 0 Å². The number of ether oxygens (including phenoxy) is 1. The van der Waals surface area contributed by atoms with Gasteiger partial charge in [-0.3, -0.25) is 9.59 Å². The molecule has 2 heterocycles. The first-order chi connectivity index (χ1) is 12.7. The highest BCUT2D eigenvalue weighted by molar-refractivity contribution is 5.90. The van der Waals surface area contributed by atoms with Crippen LogP contribution in [0.2, 0.25) is 0 Å². The molecule has 0 atom stereocenters. The fourth-order valence-electron chi connectivity index (χ4n) is 3.71. The van der Waals surface area contributed by atoms with Crippen LogP contribution in [0.25, 0.3) is 0 Å². The quantitative estimate of drug-likeness (QED) is 0.922. The van der Waals surface area contributed by atoms with E-state index in [1.54, 1.807) is 0 Å². The van der Waals surface area contributed by atoms with Crippen molar-refractivity contribution in [3.05, 3.63) is 59.7 Å². The average molecular weight is 350 g/mol. The second-order valence-electron chi connectivity index (χ2n) is 6.74. The van der Waals surface area contributed by atoms with E-state index in [-0.39, 0.29) is 11.8 Å². The molecule has 0 aromatic heterocycles. The van der Waals surface area contributed by atoms with E-state index in [4.69, 9.17) is 4.74 Å². The standard InChI is InChI=1S/C21H22N2O3/c24-19(23-13-5-6-14-23)11-12-22-21(25)20-15-7-1-3-9-17(15)26-18-10-4-2-8-16(18)20/h1-4,7-10,20H,5-6,11-14H2,(H,22,25). The molecule has 0 aliphatic carbocycles. The smallest absolute Gasteiger partial charge is 0.232 e. The minimum Gasteiger partial charge on any atom is -0.457 e. The summed E-state index contributed by atoms with van der Waals surface area (Å²) in [6, 6.07) is 15.2. The van der Waals surface area contributed by atoms with E-state index in [1.165, 1.54) is 0 Å². The minimum absolute atomic E-state index is 0.0950. The SMILES string of the molecule is O=C(NCCC(=O)N1CCCC1)C1c2ccccc2Oc2ccccc21. The highest BCUT2D eigenvalue weighted by atomic mass is 16.5. The summed E-state index contributed by atoms with van der Waals surface area (Å²) in [4.78, 5) is 27.0. The third kappa shape index (κ3) is 3.17. The summed E-state index contributed by atoms with van der Waals surface area (Å²) in [5.74, 6) is 1.02. The molecule has 5 heteroatoms. The molecule has 0 bridgehead atoms. The molecule has 0 radical (unpaired) electrons. The molecule has 2 amide bonds. The molecule has 2 aliphatic heterocycles. The second kappa shape index (κ2) is 7.20. The molecule has 5 nitrogen and oxygen atoms in total. The number of nitrogens with one attached hydrogen (secondary N) is 1. The monoisotopic (exact) mass is 350 g/mol. The molecule has 2 aromatic rings. The van der Waals surface area contributed by atoms with E-state index in [0.29, 0.717) is 24.5 Å². The Morgan fingerprint density at radius 1 is 0.962 bits per heavy atom. The molecule has 0 unspecified atom stereocenters. The zero-order chi connectivity index (χ0) is 17.9. The molecule has 4 rings (SSSR count). The first-order valence-corrected chi connectivity index (χ1v) is 9.15. The van der Waals surface area contributed by atoms with Crippen LogP contribution in [0.5, 0.6) is 11.5 Å². The lowest BCUT2D eigenvalue weighted by atomic mass is 9.87. The third-order valence-electron chi connectivity index (χ3n) is 5.04. The summed E-state index contributed by atoms with van der Waals surface area (Å²) in [6.45, 7) is 2.04. The summed E-state index contributed by atoms with van der Waals surface area (Å²) in [5, 5.41) is 2.95. The van der Waals surface area contributed by atoms with E-state index in [2.05, 4.69) is 5.32 Å². The Bertz CT molecular complexity index is 782. The van der Waals surface area contributed by atoms with Gasteiger partial charge in [0.15, 0.2) is 0 Å². The van der Waals surface area contributed by atoms with Gasteiger partial charge in [-0.1, -0.05) is 36.4 Å². The van der Waals surface area contributed by atoms with Crippen LogP contribution in [-0.4, -0.2) is 36.3 Å². The lowest BCUT2D eigenvalue weighted by molar-refractivity contribution is -0.130. The largest absolute Gasteiger partial charge is 0.457 e. The predicted molar refractivity (Wildman–Crippen MR) is 98.2 cm³/mol. The summed E-state index contributed by atoms with van der Waals surface area (Å²) in [7, 11) is 0. The molecule has 2 aromatic carbocycles. The van der Waals surface area contributed by atoms with Crippen molar-refractivity contribution in [2.45, 2.75) is 25.2 Å². The van der Waals surface area contributed by atoms with Crippen LogP contribution in [0.1, 0.15) is 36.3 Å². The average Bonchev–Trinajstić information content (AvgIpc) is 3.20.